The van der Waals surface area contributed by atoms with Crippen molar-refractivity contribution >= 4 is 11.8 Å². The fourth-order valence-electron chi connectivity index (χ4n) is 3.42. The minimum Gasteiger partial charge on any atom is -0.355 e. The average Bonchev–Trinajstić information content (AvgIpc) is 2.71. The molecule has 5 nitrogen and oxygen atoms in total. The molecule has 0 aliphatic heterocycles. The first-order chi connectivity index (χ1) is 13.8. The van der Waals surface area contributed by atoms with Crippen LogP contribution in [0, 0.1) is 5.92 Å². The van der Waals surface area contributed by atoms with Crippen LogP contribution in [-0.4, -0.2) is 32.5 Å². The molecule has 0 radical (unpaired) electrons. The summed E-state index contributed by atoms with van der Waals surface area (Å²) in [5.41, 5.74) is 4.18. The van der Waals surface area contributed by atoms with E-state index >= 15 is 0 Å². The predicted molar refractivity (Wildman–Crippen MR) is 117 cm³/mol. The van der Waals surface area contributed by atoms with E-state index in [2.05, 4.69) is 55.7 Å². The van der Waals surface area contributed by atoms with E-state index in [9.17, 15) is 9.59 Å². The molecule has 0 saturated carbocycles. The van der Waals surface area contributed by atoms with Crippen molar-refractivity contribution in [3.63, 3.8) is 0 Å². The van der Waals surface area contributed by atoms with Crippen LogP contribution in [0.5, 0.6) is 0 Å². The van der Waals surface area contributed by atoms with Crippen molar-refractivity contribution in [2.24, 2.45) is 5.92 Å². The molecule has 0 saturated heterocycles. The molecule has 0 aromatic heterocycles. The number of quaternary nitrogens is 1. The summed E-state index contributed by atoms with van der Waals surface area (Å²) < 4.78 is 0. The number of amides is 2. The van der Waals surface area contributed by atoms with Crippen LogP contribution in [0.3, 0.4) is 0 Å². The highest BCUT2D eigenvalue weighted by Crippen LogP contribution is 2.22. The van der Waals surface area contributed by atoms with Gasteiger partial charge in [-0.3, -0.25) is 9.59 Å². The van der Waals surface area contributed by atoms with E-state index in [-0.39, 0.29) is 17.9 Å². The molecule has 3 N–H and O–H groups in total. The number of aryl methyl sites for hydroxylation is 1. The van der Waals surface area contributed by atoms with Crippen molar-refractivity contribution in [3.8, 4) is 0 Å². The molecule has 2 atom stereocenters. The Morgan fingerprint density at radius 2 is 1.55 bits per heavy atom. The molecule has 0 heterocycles. The first kappa shape index (κ1) is 22.6. The van der Waals surface area contributed by atoms with Crippen molar-refractivity contribution in [1.82, 2.24) is 10.6 Å². The van der Waals surface area contributed by atoms with E-state index in [4.69, 9.17) is 0 Å². The van der Waals surface area contributed by atoms with Gasteiger partial charge in [-0.15, -0.1) is 0 Å². The smallest absolute Gasteiger partial charge is 0.275 e. The van der Waals surface area contributed by atoms with Gasteiger partial charge >= 0.3 is 0 Å². The lowest BCUT2D eigenvalue weighted by atomic mass is 9.95. The normalized spacial score (nSPS) is 13.0. The summed E-state index contributed by atoms with van der Waals surface area (Å²) in [5.74, 6) is 0.259. The fraction of sp³-hybridized carbons (Fsp3) is 0.417. The summed E-state index contributed by atoms with van der Waals surface area (Å²) >= 11 is 0. The Morgan fingerprint density at radius 1 is 0.966 bits per heavy atom. The zero-order valence-electron chi connectivity index (χ0n) is 18.2. The molecule has 2 amide bonds. The number of hydrogen-bond donors (Lipinski definition) is 3. The Bertz CT molecular complexity index is 798. The fourth-order valence-corrected chi connectivity index (χ4v) is 3.42. The lowest BCUT2D eigenvalue weighted by molar-refractivity contribution is -0.885. The van der Waals surface area contributed by atoms with Crippen molar-refractivity contribution in [2.75, 3.05) is 20.6 Å². The second-order valence-electron chi connectivity index (χ2n) is 7.97. The molecule has 2 aromatic carbocycles. The molecule has 1 unspecified atom stereocenters. The summed E-state index contributed by atoms with van der Waals surface area (Å²) in [7, 11) is 3.63. The SMILES string of the molecule is CCc1ccc([C@H](NC(=O)C[NH+](C)Cc2ccc(C(=O)NC)cc2)C(C)C)cc1. The zero-order chi connectivity index (χ0) is 21.4. The average molecular weight is 397 g/mol. The van der Waals surface area contributed by atoms with Gasteiger partial charge in [0, 0.05) is 18.2 Å². The Hall–Kier alpha value is -2.66. The lowest BCUT2D eigenvalue weighted by Gasteiger charge is -2.24. The van der Waals surface area contributed by atoms with Gasteiger partial charge in [-0.1, -0.05) is 57.2 Å². The van der Waals surface area contributed by atoms with E-state index in [0.717, 1.165) is 29.0 Å². The number of carbonyl (C=O) groups excluding carboxylic acids is 2. The summed E-state index contributed by atoms with van der Waals surface area (Å²) in [5, 5.41) is 5.82. The first-order valence-electron chi connectivity index (χ1n) is 10.3. The third kappa shape index (κ3) is 6.71. The van der Waals surface area contributed by atoms with Gasteiger partial charge in [0.05, 0.1) is 13.1 Å². The van der Waals surface area contributed by atoms with Crippen LogP contribution < -0.4 is 15.5 Å². The van der Waals surface area contributed by atoms with Crippen molar-refractivity contribution in [1.29, 1.82) is 0 Å². The van der Waals surface area contributed by atoms with Crippen LogP contribution >= 0.6 is 0 Å². The summed E-state index contributed by atoms with van der Waals surface area (Å²) in [6, 6.07) is 16.0. The Labute approximate surface area is 174 Å². The second kappa shape index (κ2) is 10.8. The van der Waals surface area contributed by atoms with Crippen molar-refractivity contribution in [2.45, 2.75) is 39.8 Å². The summed E-state index contributed by atoms with van der Waals surface area (Å²) in [4.78, 5) is 25.4. The number of benzene rings is 2. The van der Waals surface area contributed by atoms with E-state index in [0.29, 0.717) is 18.0 Å². The number of likely N-dealkylation sites (N-methyl/N-ethyl adjacent to an activating group) is 1. The van der Waals surface area contributed by atoms with Gasteiger partial charge in [-0.25, -0.2) is 0 Å². The van der Waals surface area contributed by atoms with E-state index in [1.165, 1.54) is 5.56 Å². The molecule has 5 heteroatoms. The van der Waals surface area contributed by atoms with Crippen molar-refractivity contribution in [3.05, 3.63) is 70.8 Å². The Morgan fingerprint density at radius 3 is 2.07 bits per heavy atom. The number of carbonyl (C=O) groups is 2. The van der Waals surface area contributed by atoms with Gasteiger partial charge in [-0.05, 0) is 35.6 Å². The molecule has 0 fully saturated rings. The van der Waals surface area contributed by atoms with Crippen LogP contribution in [0.25, 0.3) is 0 Å². The van der Waals surface area contributed by atoms with E-state index in [1.54, 1.807) is 7.05 Å². The molecule has 0 aliphatic rings. The van der Waals surface area contributed by atoms with Gasteiger partial charge in [-0.2, -0.15) is 0 Å². The topological polar surface area (TPSA) is 62.6 Å². The molecule has 156 valence electrons. The third-order valence-corrected chi connectivity index (χ3v) is 5.14. The quantitative estimate of drug-likeness (QED) is 0.608. The number of rotatable bonds is 9. The molecule has 0 aliphatic carbocycles. The standard InChI is InChI=1S/C24H33N3O2/c1-6-18-7-11-20(12-8-18)23(17(2)3)26-22(28)16-27(5)15-19-9-13-21(14-10-19)24(29)25-4/h7-14,17,23H,6,15-16H2,1-5H3,(H,25,29)(H,26,28)/p+1/t23-/m1/s1. The van der Waals surface area contributed by atoms with Gasteiger partial charge < -0.3 is 15.5 Å². The van der Waals surface area contributed by atoms with Crippen LogP contribution in [0.2, 0.25) is 0 Å². The predicted octanol–water partition coefficient (Wildman–Crippen LogP) is 2.14. The highest BCUT2D eigenvalue weighted by atomic mass is 16.2. The Kier molecular flexibility index (Phi) is 8.40. The van der Waals surface area contributed by atoms with E-state index in [1.807, 2.05) is 31.3 Å². The second-order valence-corrected chi connectivity index (χ2v) is 7.97. The minimum absolute atomic E-state index is 0.00745. The van der Waals surface area contributed by atoms with Crippen LogP contribution in [0.15, 0.2) is 48.5 Å². The first-order valence-corrected chi connectivity index (χ1v) is 10.3. The monoisotopic (exact) mass is 396 g/mol. The molecular formula is C24H34N3O2+. The molecule has 2 rings (SSSR count). The summed E-state index contributed by atoms with van der Waals surface area (Å²) in [6.07, 6.45) is 1.01. The maximum absolute atomic E-state index is 12.7. The maximum atomic E-state index is 12.7. The number of nitrogens with one attached hydrogen (secondary N) is 3. The van der Waals surface area contributed by atoms with Crippen molar-refractivity contribution < 1.29 is 14.5 Å². The van der Waals surface area contributed by atoms with Crippen LogP contribution in [0.1, 0.15) is 53.9 Å². The lowest BCUT2D eigenvalue weighted by Crippen LogP contribution is -3.08. The van der Waals surface area contributed by atoms with E-state index < -0.39 is 0 Å². The highest BCUT2D eigenvalue weighted by Gasteiger charge is 2.20. The van der Waals surface area contributed by atoms with Gasteiger partial charge in [0.25, 0.3) is 11.8 Å². The number of hydrogen-bond acceptors (Lipinski definition) is 2. The summed E-state index contributed by atoms with van der Waals surface area (Å²) in [6.45, 7) is 7.51. The third-order valence-electron chi connectivity index (χ3n) is 5.14. The van der Waals surface area contributed by atoms with Crippen LogP contribution in [0.4, 0.5) is 0 Å². The minimum atomic E-state index is -0.0941. The zero-order valence-corrected chi connectivity index (χ0v) is 18.2. The molecule has 0 spiro atoms. The molecule has 29 heavy (non-hydrogen) atoms. The van der Waals surface area contributed by atoms with Gasteiger partial charge in [0.15, 0.2) is 6.54 Å². The Balaban J connectivity index is 1.94. The maximum Gasteiger partial charge on any atom is 0.275 e. The molecule has 2 aromatic rings. The molecular weight excluding hydrogens is 362 g/mol. The van der Waals surface area contributed by atoms with Gasteiger partial charge in [0.2, 0.25) is 0 Å². The largest absolute Gasteiger partial charge is 0.355 e. The van der Waals surface area contributed by atoms with Crippen LogP contribution in [-0.2, 0) is 17.8 Å². The molecule has 0 bridgehead atoms. The van der Waals surface area contributed by atoms with Gasteiger partial charge in [0.1, 0.15) is 6.54 Å². The highest BCUT2D eigenvalue weighted by molar-refractivity contribution is 5.93.